The van der Waals surface area contributed by atoms with Gasteiger partial charge >= 0.3 is 43.4 Å². The summed E-state index contributed by atoms with van der Waals surface area (Å²) in [5.74, 6) is 2.47. The number of hydrogen-bond acceptors (Lipinski definition) is 2. The fourth-order valence-electron chi connectivity index (χ4n) is 7.98. The SMILES string of the molecule is CCCCSC1(C(C)(C)C2=[C-]CC=C2)CC=C(C)C=C1C(C)(C)C.CCCCSC1(C(C)(C)C2=[C-]CC=C2)CC=C(C)C=C1C(C)(C)C.[Cl-].[Cl-].[Ti+2].[Ti+2]. The summed E-state index contributed by atoms with van der Waals surface area (Å²) >= 11 is 4.39. The Balaban J connectivity index is 0. The van der Waals surface area contributed by atoms with E-state index in [-0.39, 0.29) is 99.4 Å². The zero-order chi connectivity index (χ0) is 36.0. The average Bonchev–Trinajstić information content (AvgIpc) is 3.74. The van der Waals surface area contributed by atoms with Gasteiger partial charge in [-0.3, -0.25) is 12.2 Å². The quantitative estimate of drug-likeness (QED) is 0.110. The molecule has 0 aromatic heterocycles. The monoisotopic (exact) mass is 852 g/mol. The van der Waals surface area contributed by atoms with Gasteiger partial charge in [-0.2, -0.15) is 12.2 Å². The van der Waals surface area contributed by atoms with Crippen LogP contribution in [-0.4, -0.2) is 21.0 Å². The van der Waals surface area contributed by atoms with Crippen LogP contribution in [0.25, 0.3) is 0 Å². The predicted octanol–water partition coefficient (Wildman–Crippen LogP) is 8.60. The van der Waals surface area contributed by atoms with Crippen LogP contribution in [0.15, 0.2) is 82.0 Å². The minimum absolute atomic E-state index is 0. The van der Waals surface area contributed by atoms with E-state index in [9.17, 15) is 0 Å². The van der Waals surface area contributed by atoms with Crippen molar-refractivity contribution in [2.45, 2.75) is 158 Å². The fraction of sp³-hybridized carbons (Fsp3) is 0.652. The summed E-state index contributed by atoms with van der Waals surface area (Å²) in [5.41, 5.74) is 9.35. The summed E-state index contributed by atoms with van der Waals surface area (Å²) in [6.07, 6.45) is 35.6. The summed E-state index contributed by atoms with van der Waals surface area (Å²) in [6, 6.07) is 0. The third kappa shape index (κ3) is 12.3. The van der Waals surface area contributed by atoms with Crippen LogP contribution in [0.3, 0.4) is 0 Å². The van der Waals surface area contributed by atoms with Crippen LogP contribution in [0.1, 0.15) is 148 Å². The Hall–Kier alpha value is 0.629. The predicted molar refractivity (Wildman–Crippen MR) is 221 cm³/mol. The Bertz CT molecular complexity index is 1290. The van der Waals surface area contributed by atoms with Crippen molar-refractivity contribution in [3.63, 3.8) is 0 Å². The minimum Gasteiger partial charge on any atom is -1.00 e. The van der Waals surface area contributed by atoms with Crippen LogP contribution in [0.2, 0.25) is 0 Å². The van der Waals surface area contributed by atoms with Gasteiger partial charge in [0.25, 0.3) is 0 Å². The van der Waals surface area contributed by atoms with Gasteiger partial charge in [0.2, 0.25) is 0 Å². The summed E-state index contributed by atoms with van der Waals surface area (Å²) in [7, 11) is 0. The third-order valence-corrected chi connectivity index (χ3v) is 14.9. The van der Waals surface area contributed by atoms with Crippen molar-refractivity contribution in [2.24, 2.45) is 21.7 Å². The Labute approximate surface area is 373 Å². The summed E-state index contributed by atoms with van der Waals surface area (Å²) in [5, 5.41) is 0. The van der Waals surface area contributed by atoms with Gasteiger partial charge in [-0.1, -0.05) is 131 Å². The van der Waals surface area contributed by atoms with Crippen molar-refractivity contribution in [3.05, 3.63) is 94.2 Å². The standard InChI is InChI=1S/2C23H35S.2ClH.2Ti/c2*1-8-9-16-24-23(22(6,7)19-12-10-11-13-19)15-14-18(2)17-20(23)21(3,4)5;;;;/h2*10,12,14,17H,8-9,11,15-16H2,1-7H3;2*1H;;/q2*-1;;;2*+2/p-2. The number of rotatable bonds is 12. The summed E-state index contributed by atoms with van der Waals surface area (Å²) in [6.45, 7) is 33.1. The van der Waals surface area contributed by atoms with E-state index in [2.05, 4.69) is 181 Å². The molecule has 0 spiro atoms. The largest absolute Gasteiger partial charge is 2.00 e. The van der Waals surface area contributed by atoms with Crippen LogP contribution < -0.4 is 24.8 Å². The molecule has 288 valence electrons. The molecule has 0 N–H and O–H groups in total. The Morgan fingerprint density at radius 3 is 1.17 bits per heavy atom. The number of halogens is 2. The Morgan fingerprint density at radius 1 is 0.596 bits per heavy atom. The van der Waals surface area contributed by atoms with Crippen LogP contribution in [0, 0.1) is 33.8 Å². The van der Waals surface area contributed by atoms with Gasteiger partial charge in [-0.25, -0.2) is 23.3 Å². The van der Waals surface area contributed by atoms with E-state index in [1.807, 2.05) is 0 Å². The second-order valence-electron chi connectivity index (χ2n) is 17.6. The maximum atomic E-state index is 3.64. The maximum absolute atomic E-state index is 3.64. The van der Waals surface area contributed by atoms with Crippen LogP contribution >= 0.6 is 23.5 Å². The van der Waals surface area contributed by atoms with E-state index in [1.165, 1.54) is 59.5 Å². The van der Waals surface area contributed by atoms with Crippen LogP contribution in [0.4, 0.5) is 0 Å². The van der Waals surface area contributed by atoms with Gasteiger partial charge in [0.15, 0.2) is 0 Å². The van der Waals surface area contributed by atoms with Crippen LogP contribution in [0.5, 0.6) is 0 Å². The van der Waals surface area contributed by atoms with Crippen molar-refractivity contribution >= 4 is 23.5 Å². The molecule has 0 saturated carbocycles. The average molecular weight is 854 g/mol. The molecule has 0 fully saturated rings. The van der Waals surface area contributed by atoms with Gasteiger partial charge in [0, 0.05) is 9.49 Å². The van der Waals surface area contributed by atoms with Crippen molar-refractivity contribution in [3.8, 4) is 0 Å². The first-order chi connectivity index (χ1) is 22.3. The third-order valence-electron chi connectivity index (χ3n) is 11.1. The Kier molecular flexibility index (Phi) is 23.7. The number of thioether (sulfide) groups is 2. The normalized spacial score (nSPS) is 22.8. The molecular weight excluding hydrogens is 783 g/mol. The van der Waals surface area contributed by atoms with Gasteiger partial charge in [0.1, 0.15) is 0 Å². The summed E-state index contributed by atoms with van der Waals surface area (Å²) in [4.78, 5) is 0. The molecule has 4 aliphatic carbocycles. The number of hydrogen-bond donors (Lipinski definition) is 0. The molecule has 0 saturated heterocycles. The zero-order valence-corrected chi connectivity index (χ0v) is 41.5. The molecule has 0 heterocycles. The second-order valence-corrected chi connectivity index (χ2v) is 20.4. The molecule has 2 unspecified atom stereocenters. The molecule has 0 nitrogen and oxygen atoms in total. The first-order valence-corrected chi connectivity index (χ1v) is 20.9. The molecular formula is C46H70Cl2S2Ti2. The molecule has 0 bridgehead atoms. The van der Waals surface area contributed by atoms with Gasteiger partial charge < -0.3 is 24.8 Å². The molecule has 6 heteroatoms. The smallest absolute Gasteiger partial charge is 1.00 e. The molecule has 0 aromatic carbocycles. The number of allylic oxidation sites excluding steroid dienone is 14. The summed E-state index contributed by atoms with van der Waals surface area (Å²) < 4.78 is 0.244. The number of unbranched alkanes of at least 4 members (excludes halogenated alkanes) is 2. The zero-order valence-electron chi connectivity index (χ0n) is 35.3. The van der Waals surface area contributed by atoms with Crippen LogP contribution in [-0.2, 0) is 43.4 Å². The van der Waals surface area contributed by atoms with E-state index < -0.39 is 0 Å². The van der Waals surface area contributed by atoms with E-state index in [4.69, 9.17) is 0 Å². The first-order valence-electron chi connectivity index (χ1n) is 18.9. The Morgan fingerprint density at radius 2 is 0.923 bits per heavy atom. The van der Waals surface area contributed by atoms with E-state index in [1.54, 1.807) is 11.1 Å². The van der Waals surface area contributed by atoms with Crippen molar-refractivity contribution in [1.29, 1.82) is 0 Å². The van der Waals surface area contributed by atoms with Gasteiger partial charge in [-0.15, -0.1) is 36.4 Å². The molecule has 0 radical (unpaired) electrons. The molecule has 0 aliphatic heterocycles. The van der Waals surface area contributed by atoms with E-state index >= 15 is 0 Å². The first kappa shape index (κ1) is 54.7. The molecule has 0 aromatic rings. The molecule has 4 aliphatic rings. The maximum Gasteiger partial charge on any atom is 2.00 e. The second kappa shape index (κ2) is 22.5. The fourth-order valence-corrected chi connectivity index (χ4v) is 11.9. The topological polar surface area (TPSA) is 0 Å². The van der Waals surface area contributed by atoms with Crippen molar-refractivity contribution < 1.29 is 68.2 Å². The molecule has 0 amide bonds. The minimum atomic E-state index is 0. The molecule has 2 atom stereocenters. The van der Waals surface area contributed by atoms with Crippen molar-refractivity contribution in [2.75, 3.05) is 11.5 Å². The van der Waals surface area contributed by atoms with E-state index in [0.29, 0.717) is 0 Å². The van der Waals surface area contributed by atoms with Gasteiger partial charge in [0.05, 0.1) is 0 Å². The van der Waals surface area contributed by atoms with Crippen molar-refractivity contribution in [1.82, 2.24) is 0 Å². The molecule has 4 rings (SSSR count). The van der Waals surface area contributed by atoms with E-state index in [0.717, 1.165) is 25.7 Å². The molecule has 52 heavy (non-hydrogen) atoms. The van der Waals surface area contributed by atoms with Gasteiger partial charge in [-0.05, 0) is 83.8 Å².